The normalized spacial score (nSPS) is 15.6. The van der Waals surface area contributed by atoms with Crippen LogP contribution in [0.2, 0.25) is 10.0 Å². The lowest BCUT2D eigenvalue weighted by Crippen LogP contribution is -2.45. The number of carbonyl (C=O) groups is 2. The van der Waals surface area contributed by atoms with Gasteiger partial charge in [0, 0.05) is 30.2 Å². The number of aliphatic hydroxyl groups excluding tert-OH is 1. The lowest BCUT2D eigenvalue weighted by atomic mass is 10.2. The molecule has 0 fully saturated rings. The third kappa shape index (κ3) is 6.88. The first-order chi connectivity index (χ1) is 15.3. The van der Waals surface area contributed by atoms with Crippen LogP contribution < -0.4 is 24.8 Å². The smallest absolute Gasteiger partial charge is 0.264 e. The minimum absolute atomic E-state index is 0.0370. The summed E-state index contributed by atoms with van der Waals surface area (Å²) in [4.78, 5) is 24.0. The summed E-state index contributed by atoms with van der Waals surface area (Å²) in [6.45, 7) is -0.181. The lowest BCUT2D eigenvalue weighted by molar-refractivity contribution is -0.130. The van der Waals surface area contributed by atoms with Crippen LogP contribution in [0.5, 0.6) is 17.2 Å². The second-order valence-electron chi connectivity index (χ2n) is 6.91. The van der Waals surface area contributed by atoms with Gasteiger partial charge in [-0.2, -0.15) is 0 Å². The molecule has 0 spiro atoms. The quantitative estimate of drug-likeness (QED) is 0.502. The molecule has 1 aliphatic rings. The Morgan fingerprint density at radius 1 is 1.19 bits per heavy atom. The molecule has 0 radical (unpaired) electrons. The maximum atomic E-state index is 13.3. The fourth-order valence-corrected chi connectivity index (χ4v) is 3.03. The van der Waals surface area contributed by atoms with Gasteiger partial charge in [0.05, 0.1) is 11.1 Å². The van der Waals surface area contributed by atoms with E-state index in [2.05, 4.69) is 10.6 Å². The Morgan fingerprint density at radius 2 is 2.00 bits per heavy atom. The molecule has 172 valence electrons. The van der Waals surface area contributed by atoms with Crippen molar-refractivity contribution in [3.05, 3.63) is 52.3 Å². The average molecular weight is 487 g/mol. The maximum Gasteiger partial charge on any atom is 0.264 e. The molecule has 0 saturated heterocycles. The number of aliphatic hydroxyl groups is 1. The van der Waals surface area contributed by atoms with E-state index in [0.717, 1.165) is 6.07 Å². The number of ether oxygens (including phenoxy) is 3. The number of nitrogens with one attached hydrogen (secondary N) is 2. The second-order valence-corrected chi connectivity index (χ2v) is 7.75. The van der Waals surface area contributed by atoms with E-state index >= 15 is 0 Å². The number of benzene rings is 2. The van der Waals surface area contributed by atoms with Crippen molar-refractivity contribution in [2.24, 2.45) is 0 Å². The molecule has 0 aliphatic carbocycles. The van der Waals surface area contributed by atoms with Crippen LogP contribution in [0.25, 0.3) is 0 Å². The third-order valence-electron chi connectivity index (χ3n) is 4.43. The van der Waals surface area contributed by atoms with Gasteiger partial charge in [0.1, 0.15) is 18.2 Å². The molecule has 3 rings (SSSR count). The summed E-state index contributed by atoms with van der Waals surface area (Å²) < 4.78 is 29.6. The van der Waals surface area contributed by atoms with Crippen molar-refractivity contribution in [3.8, 4) is 17.2 Å². The van der Waals surface area contributed by atoms with Crippen LogP contribution in [0.15, 0.2) is 36.4 Å². The van der Waals surface area contributed by atoms with E-state index in [9.17, 15) is 19.1 Å². The average Bonchev–Trinajstić information content (AvgIpc) is 2.78. The van der Waals surface area contributed by atoms with Gasteiger partial charge >= 0.3 is 0 Å². The van der Waals surface area contributed by atoms with Gasteiger partial charge in [-0.25, -0.2) is 4.39 Å². The Hall–Kier alpha value is -2.75. The van der Waals surface area contributed by atoms with Crippen molar-refractivity contribution < 1.29 is 33.3 Å². The van der Waals surface area contributed by atoms with Gasteiger partial charge in [-0.15, -0.1) is 0 Å². The van der Waals surface area contributed by atoms with Crippen LogP contribution in [-0.4, -0.2) is 55.4 Å². The van der Waals surface area contributed by atoms with Gasteiger partial charge in [-0.1, -0.05) is 23.2 Å². The molecule has 8 nitrogen and oxygen atoms in total. The number of hydrogen-bond acceptors (Lipinski definition) is 6. The van der Waals surface area contributed by atoms with Gasteiger partial charge in [0.25, 0.3) is 11.8 Å². The Morgan fingerprint density at radius 3 is 2.78 bits per heavy atom. The van der Waals surface area contributed by atoms with Crippen molar-refractivity contribution in [1.29, 1.82) is 0 Å². The summed E-state index contributed by atoms with van der Waals surface area (Å²) in [5, 5.41) is 15.6. The molecule has 0 aromatic heterocycles. The van der Waals surface area contributed by atoms with E-state index in [4.69, 9.17) is 37.4 Å². The van der Waals surface area contributed by atoms with E-state index < -0.39 is 23.9 Å². The predicted molar refractivity (Wildman–Crippen MR) is 115 cm³/mol. The highest BCUT2D eigenvalue weighted by molar-refractivity contribution is 6.31. The SMILES string of the molecule is O=C(COc1ccc(Cl)c(F)c1)NC[C@@H](O)CCNC(=O)[C@H]1COc2cc(Cl)ccc2O1. The van der Waals surface area contributed by atoms with Crippen molar-refractivity contribution in [3.63, 3.8) is 0 Å². The Labute approximate surface area is 193 Å². The second kappa shape index (κ2) is 11.2. The molecule has 2 amide bonds. The first-order valence-corrected chi connectivity index (χ1v) is 10.5. The Balaban J connectivity index is 1.31. The van der Waals surface area contributed by atoms with E-state index in [1.807, 2.05) is 0 Å². The standard InChI is InChI=1S/C21H21Cl2FN2O6/c22-12-1-4-17-18(7-12)31-10-19(32-17)21(29)25-6-5-13(27)9-26-20(28)11-30-14-2-3-15(23)16(24)8-14/h1-4,7-8,13,19,27H,5-6,9-11H2,(H,25,29)(H,26,28)/t13-,19+/m0/s1. The third-order valence-corrected chi connectivity index (χ3v) is 4.97. The molecule has 2 aromatic carbocycles. The van der Waals surface area contributed by atoms with Gasteiger partial charge in [-0.05, 0) is 30.7 Å². The minimum atomic E-state index is -0.890. The van der Waals surface area contributed by atoms with Crippen LogP contribution in [-0.2, 0) is 9.59 Å². The summed E-state index contributed by atoms with van der Waals surface area (Å²) in [7, 11) is 0. The molecule has 2 aromatic rings. The van der Waals surface area contributed by atoms with E-state index in [1.165, 1.54) is 12.1 Å². The molecule has 0 bridgehead atoms. The summed E-state index contributed by atoms with van der Waals surface area (Å²) in [6.07, 6.45) is -1.51. The van der Waals surface area contributed by atoms with Gasteiger partial charge in [0.2, 0.25) is 6.10 Å². The molecule has 3 N–H and O–H groups in total. The van der Waals surface area contributed by atoms with Gasteiger partial charge in [-0.3, -0.25) is 9.59 Å². The number of fused-ring (bicyclic) bond motifs is 1. The summed E-state index contributed by atoms with van der Waals surface area (Å²) in [6, 6.07) is 8.69. The van der Waals surface area contributed by atoms with Crippen molar-refractivity contribution in [1.82, 2.24) is 10.6 Å². The molecular formula is C21H21Cl2FN2O6. The lowest BCUT2D eigenvalue weighted by Gasteiger charge is -2.26. The van der Waals surface area contributed by atoms with Crippen LogP contribution in [0.1, 0.15) is 6.42 Å². The molecule has 32 heavy (non-hydrogen) atoms. The Bertz CT molecular complexity index is 977. The maximum absolute atomic E-state index is 13.3. The molecule has 0 unspecified atom stereocenters. The van der Waals surface area contributed by atoms with Crippen LogP contribution in [0.4, 0.5) is 4.39 Å². The molecule has 2 atom stereocenters. The number of hydrogen-bond donors (Lipinski definition) is 3. The molecule has 11 heteroatoms. The van der Waals surface area contributed by atoms with E-state index in [0.29, 0.717) is 16.5 Å². The zero-order valence-electron chi connectivity index (χ0n) is 16.8. The van der Waals surface area contributed by atoms with E-state index in [1.54, 1.807) is 18.2 Å². The van der Waals surface area contributed by atoms with Crippen LogP contribution in [0.3, 0.4) is 0 Å². The molecule has 1 heterocycles. The van der Waals surface area contributed by atoms with E-state index in [-0.39, 0.29) is 49.4 Å². The van der Waals surface area contributed by atoms with Crippen LogP contribution >= 0.6 is 23.2 Å². The Kier molecular flexibility index (Phi) is 8.38. The van der Waals surface area contributed by atoms with Crippen molar-refractivity contribution in [2.75, 3.05) is 26.3 Å². The van der Waals surface area contributed by atoms with Gasteiger partial charge in [0.15, 0.2) is 18.1 Å². The molecular weight excluding hydrogens is 466 g/mol. The number of rotatable bonds is 9. The zero-order chi connectivity index (χ0) is 23.1. The first-order valence-electron chi connectivity index (χ1n) is 9.71. The van der Waals surface area contributed by atoms with Crippen LogP contribution in [0, 0.1) is 5.82 Å². The fourth-order valence-electron chi connectivity index (χ4n) is 2.75. The number of carbonyl (C=O) groups excluding carboxylic acids is 2. The molecule has 0 saturated carbocycles. The first kappa shape index (κ1) is 23.9. The minimum Gasteiger partial charge on any atom is -0.485 e. The molecule has 1 aliphatic heterocycles. The number of amides is 2. The highest BCUT2D eigenvalue weighted by Crippen LogP contribution is 2.34. The topological polar surface area (TPSA) is 106 Å². The van der Waals surface area contributed by atoms with Crippen molar-refractivity contribution in [2.45, 2.75) is 18.6 Å². The summed E-state index contributed by atoms with van der Waals surface area (Å²) >= 11 is 11.5. The highest BCUT2D eigenvalue weighted by Gasteiger charge is 2.27. The summed E-state index contributed by atoms with van der Waals surface area (Å²) in [5.41, 5.74) is 0. The van der Waals surface area contributed by atoms with Crippen molar-refractivity contribution >= 4 is 35.0 Å². The highest BCUT2D eigenvalue weighted by atomic mass is 35.5. The predicted octanol–water partition coefficient (Wildman–Crippen LogP) is 2.33. The number of halogens is 3. The monoisotopic (exact) mass is 486 g/mol. The largest absolute Gasteiger partial charge is 0.485 e. The van der Waals surface area contributed by atoms with Gasteiger partial charge < -0.3 is 30.0 Å². The summed E-state index contributed by atoms with van der Waals surface area (Å²) in [5.74, 6) is -0.476. The zero-order valence-corrected chi connectivity index (χ0v) is 18.3. The fraction of sp³-hybridized carbons (Fsp3) is 0.333.